The average molecular weight is 251 g/mol. The molecular weight excluding hydrogens is 238 g/mol. The largest absolute Gasteiger partial charge is 0.482 e. The van der Waals surface area contributed by atoms with Crippen molar-refractivity contribution in [1.29, 1.82) is 0 Å². The second-order valence-corrected chi connectivity index (χ2v) is 3.73. The Labute approximate surface area is 103 Å². The number of anilines is 1. The zero-order valence-corrected chi connectivity index (χ0v) is 9.56. The molecule has 2 rings (SSSR count). The number of amides is 2. The Balaban J connectivity index is 1.96. The van der Waals surface area contributed by atoms with Crippen LogP contribution in [-0.2, 0) is 20.9 Å². The van der Waals surface area contributed by atoms with Crippen molar-refractivity contribution in [2.45, 2.75) is 6.61 Å². The lowest BCUT2D eigenvalue weighted by Crippen LogP contribution is -2.33. The zero-order valence-electron chi connectivity index (χ0n) is 9.56. The fourth-order valence-corrected chi connectivity index (χ4v) is 1.52. The quantitative estimate of drug-likeness (QED) is 0.381. The van der Waals surface area contributed by atoms with Gasteiger partial charge in [0.05, 0.1) is 12.3 Å². The first kappa shape index (κ1) is 12.3. The van der Waals surface area contributed by atoms with Gasteiger partial charge in [-0.2, -0.15) is 0 Å². The molecule has 0 unspecified atom stereocenters. The molecule has 0 radical (unpaired) electrons. The topological polar surface area (TPSA) is 103 Å². The van der Waals surface area contributed by atoms with Crippen LogP contribution in [0.2, 0.25) is 0 Å². The van der Waals surface area contributed by atoms with Crippen LogP contribution in [-0.4, -0.2) is 25.0 Å². The third-order valence-corrected chi connectivity index (χ3v) is 2.34. The third-order valence-electron chi connectivity index (χ3n) is 2.34. The van der Waals surface area contributed by atoms with E-state index in [4.69, 9.17) is 15.3 Å². The van der Waals surface area contributed by atoms with Crippen molar-refractivity contribution in [2.24, 2.45) is 5.84 Å². The van der Waals surface area contributed by atoms with Crippen LogP contribution in [0, 0.1) is 0 Å². The Hall–Kier alpha value is -2.12. The van der Waals surface area contributed by atoms with E-state index in [2.05, 4.69) is 5.32 Å². The lowest BCUT2D eigenvalue weighted by Gasteiger charge is -2.18. The van der Waals surface area contributed by atoms with Gasteiger partial charge < -0.3 is 14.8 Å². The van der Waals surface area contributed by atoms with Crippen molar-refractivity contribution in [1.82, 2.24) is 5.43 Å². The van der Waals surface area contributed by atoms with Gasteiger partial charge in [-0.15, -0.1) is 0 Å². The van der Waals surface area contributed by atoms with E-state index in [1.54, 1.807) is 18.2 Å². The number of hydrazine groups is 1. The Morgan fingerprint density at radius 2 is 2.39 bits per heavy atom. The first-order valence-corrected chi connectivity index (χ1v) is 5.32. The van der Waals surface area contributed by atoms with Gasteiger partial charge >= 0.3 is 0 Å². The number of hydrogen-bond donors (Lipinski definition) is 3. The lowest BCUT2D eigenvalue weighted by atomic mass is 10.2. The number of fused-ring (bicyclic) bond motifs is 1. The summed E-state index contributed by atoms with van der Waals surface area (Å²) >= 11 is 0. The van der Waals surface area contributed by atoms with Crippen molar-refractivity contribution >= 4 is 17.5 Å². The van der Waals surface area contributed by atoms with Gasteiger partial charge in [-0.1, -0.05) is 6.07 Å². The molecule has 0 spiro atoms. The summed E-state index contributed by atoms with van der Waals surface area (Å²) < 4.78 is 10.4. The smallest absolute Gasteiger partial charge is 0.262 e. The summed E-state index contributed by atoms with van der Waals surface area (Å²) in [5.74, 6) is 4.95. The minimum Gasteiger partial charge on any atom is -0.482 e. The number of hydrogen-bond acceptors (Lipinski definition) is 5. The van der Waals surface area contributed by atoms with Gasteiger partial charge in [0.2, 0.25) is 0 Å². The molecule has 1 aliphatic heterocycles. The third kappa shape index (κ3) is 2.96. The molecule has 0 atom stereocenters. The number of carbonyl (C=O) groups is 2. The number of nitrogens with one attached hydrogen (secondary N) is 2. The molecule has 0 aromatic heterocycles. The highest BCUT2D eigenvalue weighted by Gasteiger charge is 2.15. The fourth-order valence-electron chi connectivity index (χ4n) is 1.52. The normalized spacial score (nSPS) is 13.3. The molecule has 1 heterocycles. The number of carbonyl (C=O) groups excluding carboxylic acids is 2. The van der Waals surface area contributed by atoms with Crippen molar-refractivity contribution in [3.63, 3.8) is 0 Å². The molecule has 0 bridgehead atoms. The Bertz CT molecular complexity index is 475. The van der Waals surface area contributed by atoms with E-state index in [9.17, 15) is 9.59 Å². The van der Waals surface area contributed by atoms with E-state index >= 15 is 0 Å². The Morgan fingerprint density at radius 3 is 3.17 bits per heavy atom. The van der Waals surface area contributed by atoms with E-state index < -0.39 is 5.91 Å². The molecule has 18 heavy (non-hydrogen) atoms. The van der Waals surface area contributed by atoms with Gasteiger partial charge in [0.15, 0.2) is 6.61 Å². The van der Waals surface area contributed by atoms with Crippen LogP contribution >= 0.6 is 0 Å². The van der Waals surface area contributed by atoms with Crippen LogP contribution in [0.5, 0.6) is 5.75 Å². The minimum absolute atomic E-state index is 0.0273. The van der Waals surface area contributed by atoms with E-state index in [0.29, 0.717) is 11.4 Å². The second-order valence-electron chi connectivity index (χ2n) is 3.73. The number of nitrogens with two attached hydrogens (primary N) is 1. The summed E-state index contributed by atoms with van der Waals surface area (Å²) in [6.07, 6.45) is 0. The van der Waals surface area contributed by atoms with Crippen LogP contribution in [0.25, 0.3) is 0 Å². The van der Waals surface area contributed by atoms with E-state index in [0.717, 1.165) is 5.56 Å². The average Bonchev–Trinajstić information content (AvgIpc) is 2.38. The molecule has 7 nitrogen and oxygen atoms in total. The van der Waals surface area contributed by atoms with Gasteiger partial charge in [0.25, 0.3) is 11.8 Å². The molecule has 96 valence electrons. The minimum atomic E-state index is -0.399. The zero-order chi connectivity index (χ0) is 13.0. The highest BCUT2D eigenvalue weighted by molar-refractivity contribution is 5.95. The molecule has 2 amide bonds. The second kappa shape index (κ2) is 5.48. The number of ether oxygens (including phenoxy) is 2. The summed E-state index contributed by atoms with van der Waals surface area (Å²) in [7, 11) is 0. The molecule has 4 N–H and O–H groups in total. The van der Waals surface area contributed by atoms with Crippen LogP contribution in [0.4, 0.5) is 5.69 Å². The lowest BCUT2D eigenvalue weighted by molar-refractivity contribution is -0.126. The molecule has 1 aromatic rings. The number of benzene rings is 1. The summed E-state index contributed by atoms with van der Waals surface area (Å²) in [5, 5.41) is 2.69. The van der Waals surface area contributed by atoms with Gasteiger partial charge in [-0.3, -0.25) is 15.0 Å². The summed E-state index contributed by atoms with van der Waals surface area (Å²) in [5.41, 5.74) is 3.40. The number of rotatable bonds is 4. The van der Waals surface area contributed by atoms with Crippen molar-refractivity contribution in [3.8, 4) is 5.75 Å². The van der Waals surface area contributed by atoms with E-state index in [-0.39, 0.29) is 25.7 Å². The molecule has 1 aromatic carbocycles. The summed E-state index contributed by atoms with van der Waals surface area (Å²) in [4.78, 5) is 22.0. The maximum absolute atomic E-state index is 11.1. The summed E-state index contributed by atoms with van der Waals surface area (Å²) in [6.45, 7) is 0.159. The van der Waals surface area contributed by atoms with Crippen molar-refractivity contribution < 1.29 is 19.1 Å². The van der Waals surface area contributed by atoms with Crippen LogP contribution in [0.3, 0.4) is 0 Å². The molecule has 7 heteroatoms. The first-order valence-electron chi connectivity index (χ1n) is 5.32. The first-order chi connectivity index (χ1) is 8.69. The van der Waals surface area contributed by atoms with Crippen molar-refractivity contribution in [2.75, 3.05) is 18.5 Å². The van der Waals surface area contributed by atoms with Crippen molar-refractivity contribution in [3.05, 3.63) is 23.8 Å². The van der Waals surface area contributed by atoms with E-state index in [1.165, 1.54) is 0 Å². The maximum Gasteiger partial charge on any atom is 0.262 e. The Morgan fingerprint density at radius 1 is 1.56 bits per heavy atom. The van der Waals surface area contributed by atoms with E-state index in [1.807, 2.05) is 5.43 Å². The predicted molar refractivity (Wildman–Crippen MR) is 62.6 cm³/mol. The molecule has 1 aliphatic rings. The molecule has 0 aliphatic carbocycles. The van der Waals surface area contributed by atoms with Crippen LogP contribution in [0.1, 0.15) is 5.56 Å². The van der Waals surface area contributed by atoms with Gasteiger partial charge in [-0.05, 0) is 17.7 Å². The SMILES string of the molecule is NNC(=O)COCc1ccc2c(c1)NC(=O)CO2. The maximum atomic E-state index is 11.1. The van der Waals surface area contributed by atoms with Gasteiger partial charge in [-0.25, -0.2) is 5.84 Å². The summed E-state index contributed by atoms with van der Waals surface area (Å²) in [6, 6.07) is 5.29. The monoisotopic (exact) mass is 251 g/mol. The molecular formula is C11H13N3O4. The van der Waals surface area contributed by atoms with Gasteiger partial charge in [0.1, 0.15) is 12.4 Å². The fraction of sp³-hybridized carbons (Fsp3) is 0.273. The molecule has 0 fully saturated rings. The van der Waals surface area contributed by atoms with Crippen LogP contribution in [0.15, 0.2) is 18.2 Å². The Kier molecular flexibility index (Phi) is 3.75. The molecule has 0 saturated carbocycles. The predicted octanol–water partition coefficient (Wildman–Crippen LogP) is -0.476. The highest BCUT2D eigenvalue weighted by Crippen LogP contribution is 2.28. The highest BCUT2D eigenvalue weighted by atomic mass is 16.5. The van der Waals surface area contributed by atoms with Crippen LogP contribution < -0.4 is 21.3 Å². The molecule has 0 saturated heterocycles. The van der Waals surface area contributed by atoms with Gasteiger partial charge in [0, 0.05) is 0 Å². The standard InChI is InChI=1S/C11H13N3O4/c12-14-11(16)5-17-4-7-1-2-9-8(3-7)13-10(15)6-18-9/h1-3H,4-6,12H2,(H,13,15)(H,14,16).